The van der Waals surface area contributed by atoms with Crippen LogP contribution in [0.3, 0.4) is 0 Å². The summed E-state index contributed by atoms with van der Waals surface area (Å²) in [6.45, 7) is 0. The first-order valence-electron chi connectivity index (χ1n) is 19.6. The topological polar surface area (TPSA) is 3.24 Å². The van der Waals surface area contributed by atoms with Gasteiger partial charge < -0.3 is 4.90 Å². The maximum atomic E-state index is 2.37. The Morgan fingerprint density at radius 2 is 0.684 bits per heavy atom. The summed E-state index contributed by atoms with van der Waals surface area (Å²) in [7, 11) is 0. The van der Waals surface area contributed by atoms with E-state index in [0.717, 1.165) is 17.1 Å². The van der Waals surface area contributed by atoms with Crippen molar-refractivity contribution in [3.63, 3.8) is 0 Å². The van der Waals surface area contributed by atoms with Gasteiger partial charge in [0, 0.05) is 17.1 Å². The zero-order chi connectivity index (χ0) is 38.0. The van der Waals surface area contributed by atoms with Crippen LogP contribution in [0.5, 0.6) is 0 Å². The number of rotatable bonds is 8. The van der Waals surface area contributed by atoms with Gasteiger partial charge in [-0.2, -0.15) is 0 Å². The molecule has 0 fully saturated rings. The van der Waals surface area contributed by atoms with E-state index in [2.05, 4.69) is 241 Å². The molecule has 0 saturated heterocycles. The molecule has 0 aliphatic heterocycles. The van der Waals surface area contributed by atoms with Crippen molar-refractivity contribution < 1.29 is 0 Å². The van der Waals surface area contributed by atoms with Gasteiger partial charge in [0.2, 0.25) is 0 Å². The molecule has 0 aliphatic carbocycles. The highest BCUT2D eigenvalue weighted by atomic mass is 15.1. The lowest BCUT2D eigenvalue weighted by atomic mass is 9.91. The van der Waals surface area contributed by atoms with Crippen LogP contribution in [0, 0.1) is 0 Å². The van der Waals surface area contributed by atoms with Crippen molar-refractivity contribution in [3.8, 4) is 55.6 Å². The van der Waals surface area contributed by atoms with E-state index < -0.39 is 0 Å². The van der Waals surface area contributed by atoms with Gasteiger partial charge in [-0.15, -0.1) is 0 Å². The average Bonchev–Trinajstić information content (AvgIpc) is 3.30. The Kier molecular flexibility index (Phi) is 8.95. The highest BCUT2D eigenvalue weighted by Crippen LogP contribution is 2.42. The summed E-state index contributed by atoms with van der Waals surface area (Å²) in [6.07, 6.45) is 0. The van der Waals surface area contributed by atoms with E-state index in [1.807, 2.05) is 0 Å². The normalized spacial score (nSPS) is 11.2. The van der Waals surface area contributed by atoms with Crippen molar-refractivity contribution >= 4 is 38.6 Å². The van der Waals surface area contributed by atoms with Crippen LogP contribution < -0.4 is 4.90 Å². The SMILES string of the molecule is c1ccc(-c2ccc(N(c3ccc(-c4ccc(-c5ccccc5)c(-c5ccccc5)c4)cc3)c3cccc(-c4cc5ccccc5c5ccccc45)c3)cc2)cc1. The summed E-state index contributed by atoms with van der Waals surface area (Å²) < 4.78 is 0. The van der Waals surface area contributed by atoms with E-state index in [1.165, 1.54) is 77.2 Å². The van der Waals surface area contributed by atoms with Crippen molar-refractivity contribution in [3.05, 3.63) is 237 Å². The highest BCUT2D eigenvalue weighted by molar-refractivity contribution is 6.14. The van der Waals surface area contributed by atoms with Gasteiger partial charge in [-0.05, 0) is 126 Å². The fourth-order valence-corrected chi connectivity index (χ4v) is 8.24. The summed E-state index contributed by atoms with van der Waals surface area (Å²) in [5.74, 6) is 0. The van der Waals surface area contributed by atoms with E-state index in [0.29, 0.717) is 0 Å². The molecule has 0 N–H and O–H groups in total. The first-order chi connectivity index (χ1) is 28.3. The van der Waals surface area contributed by atoms with Gasteiger partial charge in [0.25, 0.3) is 0 Å². The first kappa shape index (κ1) is 34.0. The minimum Gasteiger partial charge on any atom is -0.310 e. The molecule has 0 saturated carbocycles. The monoisotopic (exact) mass is 725 g/mol. The lowest BCUT2D eigenvalue weighted by Gasteiger charge is -2.26. The van der Waals surface area contributed by atoms with E-state index in [-0.39, 0.29) is 0 Å². The molecule has 1 nitrogen and oxygen atoms in total. The van der Waals surface area contributed by atoms with Crippen LogP contribution in [-0.4, -0.2) is 0 Å². The van der Waals surface area contributed by atoms with E-state index in [9.17, 15) is 0 Å². The molecule has 0 unspecified atom stereocenters. The number of anilines is 3. The van der Waals surface area contributed by atoms with Gasteiger partial charge in [-0.3, -0.25) is 0 Å². The molecule has 0 radical (unpaired) electrons. The van der Waals surface area contributed by atoms with Gasteiger partial charge in [-0.25, -0.2) is 0 Å². The fourth-order valence-electron chi connectivity index (χ4n) is 8.24. The minimum absolute atomic E-state index is 1.09. The van der Waals surface area contributed by atoms with Crippen molar-refractivity contribution in [1.82, 2.24) is 0 Å². The lowest BCUT2D eigenvalue weighted by Crippen LogP contribution is -2.10. The molecule has 0 heterocycles. The summed E-state index contributed by atoms with van der Waals surface area (Å²) >= 11 is 0. The Balaban J connectivity index is 1.08. The lowest BCUT2D eigenvalue weighted by molar-refractivity contribution is 1.28. The quantitative estimate of drug-likeness (QED) is 0.141. The molecule has 0 aromatic heterocycles. The zero-order valence-corrected chi connectivity index (χ0v) is 31.5. The molecule has 10 rings (SSSR count). The minimum atomic E-state index is 1.09. The van der Waals surface area contributed by atoms with Crippen molar-refractivity contribution in [2.75, 3.05) is 4.90 Å². The predicted molar refractivity (Wildman–Crippen MR) is 243 cm³/mol. The van der Waals surface area contributed by atoms with Crippen LogP contribution in [0.2, 0.25) is 0 Å². The molecule has 268 valence electrons. The maximum absolute atomic E-state index is 2.37. The highest BCUT2D eigenvalue weighted by Gasteiger charge is 2.17. The van der Waals surface area contributed by atoms with Crippen LogP contribution in [0.1, 0.15) is 0 Å². The molecule has 1 heteroatoms. The van der Waals surface area contributed by atoms with Crippen LogP contribution in [0.4, 0.5) is 17.1 Å². The van der Waals surface area contributed by atoms with Crippen LogP contribution in [0.15, 0.2) is 237 Å². The largest absolute Gasteiger partial charge is 0.310 e. The Morgan fingerprint density at radius 3 is 1.33 bits per heavy atom. The molecule has 0 aliphatic rings. The van der Waals surface area contributed by atoms with Gasteiger partial charge in [0.1, 0.15) is 0 Å². The Labute approximate surface area is 334 Å². The van der Waals surface area contributed by atoms with Crippen molar-refractivity contribution in [2.45, 2.75) is 0 Å². The molecular formula is C56H39N. The van der Waals surface area contributed by atoms with Crippen molar-refractivity contribution in [2.24, 2.45) is 0 Å². The van der Waals surface area contributed by atoms with Crippen LogP contribution in [0.25, 0.3) is 77.2 Å². The predicted octanol–water partition coefficient (Wildman–Crippen LogP) is 15.8. The van der Waals surface area contributed by atoms with E-state index >= 15 is 0 Å². The van der Waals surface area contributed by atoms with E-state index in [4.69, 9.17) is 0 Å². The third-order valence-corrected chi connectivity index (χ3v) is 11.1. The van der Waals surface area contributed by atoms with Crippen molar-refractivity contribution in [1.29, 1.82) is 0 Å². The van der Waals surface area contributed by atoms with Gasteiger partial charge in [0.15, 0.2) is 0 Å². The summed E-state index contributed by atoms with van der Waals surface area (Å²) in [6, 6.07) is 85.6. The average molecular weight is 726 g/mol. The number of hydrogen-bond acceptors (Lipinski definition) is 1. The van der Waals surface area contributed by atoms with Crippen LogP contribution in [-0.2, 0) is 0 Å². The molecule has 0 bridgehead atoms. The van der Waals surface area contributed by atoms with Gasteiger partial charge >= 0.3 is 0 Å². The maximum Gasteiger partial charge on any atom is 0.0467 e. The first-order valence-corrected chi connectivity index (χ1v) is 19.6. The second-order valence-corrected chi connectivity index (χ2v) is 14.5. The molecule has 57 heavy (non-hydrogen) atoms. The smallest absolute Gasteiger partial charge is 0.0467 e. The summed E-state index contributed by atoms with van der Waals surface area (Å²) in [4.78, 5) is 2.37. The summed E-state index contributed by atoms with van der Waals surface area (Å²) in [5, 5.41) is 5.04. The van der Waals surface area contributed by atoms with Gasteiger partial charge in [0.05, 0.1) is 0 Å². The standard InChI is InChI=1S/C56H39N/c1-4-15-40(16-5-1)41-27-32-48(33-28-41)57(50-23-14-22-46(37-50)56-39-47-21-10-11-24-51(47)53-25-12-13-26-54(53)56)49-34-29-42(30-35-49)45-31-36-52(43-17-6-2-7-18-43)55(38-45)44-19-8-3-9-20-44/h1-39H. The molecule has 10 aromatic carbocycles. The number of hydrogen-bond donors (Lipinski definition) is 0. The molecular weight excluding hydrogens is 687 g/mol. The fraction of sp³-hybridized carbons (Fsp3) is 0. The molecule has 0 amide bonds. The number of fused-ring (bicyclic) bond motifs is 3. The Bertz CT molecular complexity index is 2970. The van der Waals surface area contributed by atoms with Gasteiger partial charge in [-0.1, -0.05) is 188 Å². The van der Waals surface area contributed by atoms with Crippen LogP contribution >= 0.6 is 0 Å². The number of benzene rings is 10. The molecule has 0 atom stereocenters. The third kappa shape index (κ3) is 6.66. The Hall–Kier alpha value is -7.48. The second-order valence-electron chi connectivity index (χ2n) is 14.5. The Morgan fingerprint density at radius 1 is 0.211 bits per heavy atom. The zero-order valence-electron chi connectivity index (χ0n) is 31.5. The third-order valence-electron chi connectivity index (χ3n) is 11.1. The number of nitrogens with zero attached hydrogens (tertiary/aromatic N) is 1. The second kappa shape index (κ2) is 15.0. The molecule has 10 aromatic rings. The molecule has 0 spiro atoms. The van der Waals surface area contributed by atoms with E-state index in [1.54, 1.807) is 0 Å². The summed E-state index contributed by atoms with van der Waals surface area (Å²) in [5.41, 5.74) is 15.3.